The van der Waals surface area contributed by atoms with Gasteiger partial charge in [-0.3, -0.25) is 14.4 Å². The molecule has 0 aliphatic rings. The van der Waals surface area contributed by atoms with Crippen molar-refractivity contribution in [3.8, 4) is 0 Å². The Balaban J connectivity index is 4.41. The Morgan fingerprint density at radius 2 is 1.74 bits per heavy atom. The van der Waals surface area contributed by atoms with Crippen LogP contribution in [-0.4, -0.2) is 52.6 Å². The quantitative estimate of drug-likeness (QED) is 0.338. The summed E-state index contributed by atoms with van der Waals surface area (Å²) in [6, 6.07) is -2.27. The second kappa shape index (κ2) is 8.03. The second-order valence-corrected chi connectivity index (χ2v) is 3.83. The lowest BCUT2D eigenvalue weighted by Crippen LogP contribution is -2.51. The van der Waals surface area contributed by atoms with Gasteiger partial charge in [-0.1, -0.05) is 0 Å². The summed E-state index contributed by atoms with van der Waals surface area (Å²) < 4.78 is 0. The number of hydrogen-bond donors (Lipinski definition) is 5. The molecule has 2 amide bonds. The zero-order chi connectivity index (χ0) is 15.0. The van der Waals surface area contributed by atoms with Gasteiger partial charge in [-0.2, -0.15) is 0 Å². The first-order valence-electron chi connectivity index (χ1n) is 5.52. The molecule has 0 bridgehead atoms. The summed E-state index contributed by atoms with van der Waals surface area (Å²) in [4.78, 5) is 43.7. The molecule has 19 heavy (non-hydrogen) atoms. The minimum atomic E-state index is -1.34. The molecule has 0 heterocycles. The molecule has 0 radical (unpaired) electrons. The third-order valence-corrected chi connectivity index (χ3v) is 2.22. The minimum absolute atomic E-state index is 0.242. The molecule has 0 fully saturated rings. The summed E-state index contributed by atoms with van der Waals surface area (Å²) >= 11 is 0. The molecule has 0 saturated carbocycles. The van der Waals surface area contributed by atoms with Crippen molar-refractivity contribution in [1.29, 1.82) is 0 Å². The van der Waals surface area contributed by atoms with Gasteiger partial charge in [0.15, 0.2) is 0 Å². The lowest BCUT2D eigenvalue weighted by atomic mass is 10.1. The number of rotatable bonds is 8. The van der Waals surface area contributed by atoms with Gasteiger partial charge in [0.05, 0.1) is 6.54 Å². The highest BCUT2D eigenvalue weighted by atomic mass is 16.4. The first-order valence-corrected chi connectivity index (χ1v) is 5.52. The lowest BCUT2D eigenvalue weighted by Gasteiger charge is -2.18. The maximum atomic E-state index is 11.6. The first kappa shape index (κ1) is 16.8. The maximum absolute atomic E-state index is 11.6. The van der Waals surface area contributed by atoms with Crippen LogP contribution >= 0.6 is 0 Å². The molecule has 0 saturated heterocycles. The predicted molar refractivity (Wildman–Crippen MR) is 63.1 cm³/mol. The number of carboxylic acids is 2. The van der Waals surface area contributed by atoms with E-state index in [1.165, 1.54) is 6.92 Å². The van der Waals surface area contributed by atoms with E-state index in [9.17, 15) is 19.2 Å². The van der Waals surface area contributed by atoms with Crippen LogP contribution in [0.5, 0.6) is 0 Å². The third-order valence-electron chi connectivity index (χ3n) is 2.22. The van der Waals surface area contributed by atoms with Gasteiger partial charge in [0.1, 0.15) is 12.1 Å². The Labute approximate surface area is 109 Å². The molecule has 0 rings (SSSR count). The Bertz CT molecular complexity index is 370. The topological polar surface area (TPSA) is 159 Å². The van der Waals surface area contributed by atoms with E-state index < -0.39 is 35.8 Å². The van der Waals surface area contributed by atoms with Crippen molar-refractivity contribution < 1.29 is 29.4 Å². The van der Waals surface area contributed by atoms with E-state index in [1.807, 2.05) is 0 Å². The molecule has 0 aromatic carbocycles. The van der Waals surface area contributed by atoms with E-state index in [1.54, 1.807) is 0 Å². The monoisotopic (exact) mass is 275 g/mol. The van der Waals surface area contributed by atoms with Crippen molar-refractivity contribution in [3.63, 3.8) is 0 Å². The van der Waals surface area contributed by atoms with Crippen molar-refractivity contribution in [2.24, 2.45) is 5.73 Å². The van der Waals surface area contributed by atoms with Crippen LogP contribution in [0.1, 0.15) is 19.8 Å². The SMILES string of the molecule is C[C@H](NC(=O)CN)C(=O)N[C@H](CCC(=O)O)C(=O)O. The van der Waals surface area contributed by atoms with Crippen LogP contribution in [0.4, 0.5) is 0 Å². The van der Waals surface area contributed by atoms with Gasteiger partial charge < -0.3 is 26.6 Å². The van der Waals surface area contributed by atoms with Gasteiger partial charge in [-0.25, -0.2) is 4.79 Å². The Kier molecular flexibility index (Phi) is 7.12. The summed E-state index contributed by atoms with van der Waals surface area (Å²) in [5.41, 5.74) is 5.05. The van der Waals surface area contributed by atoms with Crippen molar-refractivity contribution in [2.45, 2.75) is 31.8 Å². The van der Waals surface area contributed by atoms with Crippen LogP contribution in [-0.2, 0) is 19.2 Å². The fourth-order valence-electron chi connectivity index (χ4n) is 1.19. The van der Waals surface area contributed by atoms with E-state index in [-0.39, 0.29) is 19.4 Å². The van der Waals surface area contributed by atoms with E-state index in [0.717, 1.165) is 0 Å². The summed E-state index contributed by atoms with van der Waals surface area (Å²) in [5.74, 6) is -3.78. The van der Waals surface area contributed by atoms with Crippen LogP contribution in [0.3, 0.4) is 0 Å². The second-order valence-electron chi connectivity index (χ2n) is 3.83. The molecule has 0 unspecified atom stereocenters. The largest absolute Gasteiger partial charge is 0.481 e. The molecule has 0 aliphatic carbocycles. The molecule has 0 aliphatic heterocycles. The molecule has 6 N–H and O–H groups in total. The average molecular weight is 275 g/mol. The van der Waals surface area contributed by atoms with Crippen molar-refractivity contribution in [1.82, 2.24) is 10.6 Å². The number of nitrogens with two attached hydrogens (primary N) is 1. The number of amides is 2. The fourth-order valence-corrected chi connectivity index (χ4v) is 1.19. The number of hydrogen-bond acceptors (Lipinski definition) is 5. The van der Waals surface area contributed by atoms with E-state index in [4.69, 9.17) is 15.9 Å². The predicted octanol–water partition coefficient (Wildman–Crippen LogP) is -2.12. The molecule has 0 spiro atoms. The van der Waals surface area contributed by atoms with E-state index in [0.29, 0.717) is 0 Å². The highest BCUT2D eigenvalue weighted by Gasteiger charge is 2.24. The van der Waals surface area contributed by atoms with E-state index >= 15 is 0 Å². The molecule has 108 valence electrons. The van der Waals surface area contributed by atoms with Gasteiger partial charge >= 0.3 is 11.9 Å². The number of carboxylic acid groups (broad SMARTS) is 2. The fraction of sp³-hybridized carbons (Fsp3) is 0.600. The van der Waals surface area contributed by atoms with Crippen molar-refractivity contribution in [3.05, 3.63) is 0 Å². The highest BCUT2D eigenvalue weighted by Crippen LogP contribution is 1.99. The summed E-state index contributed by atoms with van der Waals surface area (Å²) in [5, 5.41) is 21.7. The molecule has 0 aromatic rings. The van der Waals surface area contributed by atoms with Crippen LogP contribution in [0, 0.1) is 0 Å². The summed E-state index contributed by atoms with van der Waals surface area (Å²) in [7, 11) is 0. The Hall–Kier alpha value is -2.16. The smallest absolute Gasteiger partial charge is 0.326 e. The zero-order valence-electron chi connectivity index (χ0n) is 10.4. The van der Waals surface area contributed by atoms with Crippen LogP contribution in [0.25, 0.3) is 0 Å². The van der Waals surface area contributed by atoms with Gasteiger partial charge in [0.25, 0.3) is 0 Å². The highest BCUT2D eigenvalue weighted by molar-refractivity contribution is 5.90. The van der Waals surface area contributed by atoms with Gasteiger partial charge in [0.2, 0.25) is 11.8 Å². The van der Waals surface area contributed by atoms with Crippen LogP contribution in [0.15, 0.2) is 0 Å². The third kappa shape index (κ3) is 6.99. The molecule has 9 nitrogen and oxygen atoms in total. The standard InChI is InChI=1S/C10H17N3O6/c1-5(12-7(14)4-11)9(17)13-6(10(18)19)2-3-8(15)16/h5-6H,2-4,11H2,1H3,(H,12,14)(H,13,17)(H,15,16)(H,18,19)/t5-,6+/m0/s1. The zero-order valence-corrected chi connectivity index (χ0v) is 10.4. The minimum Gasteiger partial charge on any atom is -0.481 e. The number of carbonyl (C=O) groups is 4. The summed E-state index contributed by atoms with van der Waals surface area (Å²) in [6.07, 6.45) is -0.630. The molecular formula is C10H17N3O6. The van der Waals surface area contributed by atoms with Crippen LogP contribution in [0.2, 0.25) is 0 Å². The van der Waals surface area contributed by atoms with Gasteiger partial charge in [0, 0.05) is 6.42 Å². The Morgan fingerprint density at radius 1 is 1.16 bits per heavy atom. The number of carbonyl (C=O) groups excluding carboxylic acids is 2. The number of nitrogens with one attached hydrogen (secondary N) is 2. The number of aliphatic carboxylic acids is 2. The lowest BCUT2D eigenvalue weighted by molar-refractivity contribution is -0.143. The molecule has 2 atom stereocenters. The van der Waals surface area contributed by atoms with Crippen molar-refractivity contribution in [2.75, 3.05) is 6.54 Å². The normalized spacial score (nSPS) is 13.2. The maximum Gasteiger partial charge on any atom is 0.326 e. The summed E-state index contributed by atoms with van der Waals surface area (Å²) in [6.45, 7) is 1.07. The average Bonchev–Trinajstić information content (AvgIpc) is 2.32. The Morgan fingerprint density at radius 3 is 2.16 bits per heavy atom. The van der Waals surface area contributed by atoms with Gasteiger partial charge in [-0.15, -0.1) is 0 Å². The van der Waals surface area contributed by atoms with E-state index in [2.05, 4.69) is 10.6 Å². The molecular weight excluding hydrogens is 258 g/mol. The van der Waals surface area contributed by atoms with Crippen LogP contribution < -0.4 is 16.4 Å². The molecule has 9 heteroatoms. The van der Waals surface area contributed by atoms with Crippen molar-refractivity contribution >= 4 is 23.8 Å². The first-order chi connectivity index (χ1) is 8.77. The molecule has 0 aromatic heterocycles. The van der Waals surface area contributed by atoms with Gasteiger partial charge in [-0.05, 0) is 13.3 Å².